The summed E-state index contributed by atoms with van der Waals surface area (Å²) >= 11 is 1.60. The summed E-state index contributed by atoms with van der Waals surface area (Å²) < 4.78 is 0. The number of benzene rings is 1. The molecule has 0 aliphatic carbocycles. The largest absolute Gasteiger partial charge is 0.385 e. The number of carbonyl (C=O) groups is 1. The van der Waals surface area contributed by atoms with Crippen LogP contribution in [-0.4, -0.2) is 29.3 Å². The zero-order valence-corrected chi connectivity index (χ0v) is 13.2. The molecular weight excluding hydrogens is 296 g/mol. The molecule has 6 heteroatoms. The number of amides is 1. The van der Waals surface area contributed by atoms with Crippen LogP contribution in [0.1, 0.15) is 24.8 Å². The van der Waals surface area contributed by atoms with Crippen LogP contribution in [0.4, 0.5) is 5.69 Å². The number of carbonyl (C=O) groups excluding carboxylic acids is 1. The maximum absolute atomic E-state index is 12.0. The molecule has 1 atom stereocenters. The van der Waals surface area contributed by atoms with Crippen molar-refractivity contribution in [2.45, 2.75) is 25.3 Å². The van der Waals surface area contributed by atoms with Crippen molar-refractivity contribution in [3.8, 4) is 6.07 Å². The molecule has 0 fully saturated rings. The minimum Gasteiger partial charge on any atom is -0.385 e. The Morgan fingerprint density at radius 2 is 2.18 bits per heavy atom. The maximum Gasteiger partial charge on any atom is 0.244 e. The molecule has 1 aliphatic heterocycles. The molecular formula is C16H20N4OS. The van der Waals surface area contributed by atoms with E-state index in [4.69, 9.17) is 11.0 Å². The van der Waals surface area contributed by atoms with Crippen molar-refractivity contribution in [2.75, 3.05) is 17.7 Å². The first kappa shape index (κ1) is 16.4. The lowest BCUT2D eigenvalue weighted by atomic mass is 10.1. The molecule has 0 bridgehead atoms. The fourth-order valence-electron chi connectivity index (χ4n) is 2.14. The van der Waals surface area contributed by atoms with Crippen LogP contribution in [0.15, 0.2) is 35.9 Å². The highest BCUT2D eigenvalue weighted by Gasteiger charge is 2.20. The summed E-state index contributed by atoms with van der Waals surface area (Å²) in [5.74, 6) is 0.675. The number of nitriles is 1. The van der Waals surface area contributed by atoms with Crippen molar-refractivity contribution in [1.29, 1.82) is 5.26 Å². The number of nitrogens with zero attached hydrogens (tertiary/aromatic N) is 2. The van der Waals surface area contributed by atoms with Crippen molar-refractivity contribution in [1.82, 2.24) is 4.90 Å². The van der Waals surface area contributed by atoms with E-state index in [1.165, 1.54) is 0 Å². The normalized spacial score (nSPS) is 14.6. The number of anilines is 1. The summed E-state index contributed by atoms with van der Waals surface area (Å²) in [6, 6.07) is 9.04. The molecule has 1 aliphatic rings. The molecule has 1 heterocycles. The summed E-state index contributed by atoms with van der Waals surface area (Å²) in [4.78, 5) is 13.7. The predicted molar refractivity (Wildman–Crippen MR) is 89.9 cm³/mol. The maximum atomic E-state index is 12.0. The summed E-state index contributed by atoms with van der Waals surface area (Å²) in [5, 5.41) is 13.9. The van der Waals surface area contributed by atoms with Gasteiger partial charge in [-0.25, -0.2) is 0 Å². The van der Waals surface area contributed by atoms with E-state index >= 15 is 0 Å². The summed E-state index contributed by atoms with van der Waals surface area (Å²) in [6.45, 7) is 0.826. The lowest BCUT2D eigenvalue weighted by Gasteiger charge is -2.18. The van der Waals surface area contributed by atoms with Gasteiger partial charge in [-0.15, -0.1) is 11.8 Å². The summed E-state index contributed by atoms with van der Waals surface area (Å²) in [6.07, 6.45) is 4.34. The van der Waals surface area contributed by atoms with Crippen LogP contribution in [0.3, 0.4) is 0 Å². The van der Waals surface area contributed by atoms with Crippen LogP contribution < -0.4 is 11.1 Å². The first-order valence-corrected chi connectivity index (χ1v) is 8.34. The standard InChI is InChI=1S/C16H20N4OS/c17-11-13-4-6-14(7-5-13)19-8-2-1-3-15(18)16(21)20-9-10-22-12-20/h4-7,9-10,15,19H,1-3,8,12,18H2. The summed E-state index contributed by atoms with van der Waals surface area (Å²) in [5.41, 5.74) is 7.59. The molecule has 1 amide bonds. The van der Waals surface area contributed by atoms with Gasteiger partial charge >= 0.3 is 0 Å². The second-order valence-electron chi connectivity index (χ2n) is 5.11. The first-order valence-electron chi connectivity index (χ1n) is 7.29. The van der Waals surface area contributed by atoms with Gasteiger partial charge in [-0.05, 0) is 48.9 Å². The smallest absolute Gasteiger partial charge is 0.244 e. The molecule has 116 valence electrons. The zero-order valence-electron chi connectivity index (χ0n) is 12.4. The molecule has 2 rings (SSSR count). The third-order valence-corrected chi connectivity index (χ3v) is 4.18. The van der Waals surface area contributed by atoms with E-state index in [0.717, 1.165) is 25.1 Å². The average Bonchev–Trinajstić information content (AvgIpc) is 3.08. The number of unbranched alkanes of at least 4 members (excludes halogenated alkanes) is 1. The Kier molecular flexibility index (Phi) is 6.31. The average molecular weight is 316 g/mol. The molecule has 0 saturated carbocycles. The van der Waals surface area contributed by atoms with Crippen molar-refractivity contribution in [3.05, 3.63) is 41.4 Å². The SMILES string of the molecule is N#Cc1ccc(NCCCCC(N)C(=O)N2C=CSC2)cc1. The Balaban J connectivity index is 1.61. The number of thioether (sulfide) groups is 1. The van der Waals surface area contributed by atoms with E-state index in [1.807, 2.05) is 17.5 Å². The van der Waals surface area contributed by atoms with Gasteiger partial charge in [0.2, 0.25) is 5.91 Å². The van der Waals surface area contributed by atoms with Crippen LogP contribution in [0, 0.1) is 11.3 Å². The highest BCUT2D eigenvalue weighted by molar-refractivity contribution is 8.02. The first-order chi connectivity index (χ1) is 10.7. The number of nitrogens with one attached hydrogen (secondary N) is 1. The van der Waals surface area contributed by atoms with Crippen molar-refractivity contribution < 1.29 is 4.79 Å². The second kappa shape index (κ2) is 8.47. The van der Waals surface area contributed by atoms with E-state index < -0.39 is 6.04 Å². The van der Waals surface area contributed by atoms with Gasteiger partial charge in [0, 0.05) is 18.4 Å². The van der Waals surface area contributed by atoms with Crippen molar-refractivity contribution in [2.24, 2.45) is 5.73 Å². The van der Waals surface area contributed by atoms with Gasteiger partial charge < -0.3 is 16.0 Å². The minimum absolute atomic E-state index is 0.00121. The molecule has 0 aromatic heterocycles. The van der Waals surface area contributed by atoms with E-state index in [1.54, 1.807) is 35.0 Å². The Morgan fingerprint density at radius 1 is 1.41 bits per heavy atom. The van der Waals surface area contributed by atoms with Crippen molar-refractivity contribution >= 4 is 23.4 Å². The van der Waals surface area contributed by atoms with Crippen LogP contribution in [0.25, 0.3) is 0 Å². The molecule has 1 unspecified atom stereocenters. The van der Waals surface area contributed by atoms with Gasteiger partial charge in [0.25, 0.3) is 0 Å². The Labute approximate surface area is 135 Å². The van der Waals surface area contributed by atoms with Gasteiger partial charge in [-0.2, -0.15) is 5.26 Å². The molecule has 22 heavy (non-hydrogen) atoms. The fraction of sp³-hybridized carbons (Fsp3) is 0.375. The Morgan fingerprint density at radius 3 is 2.82 bits per heavy atom. The van der Waals surface area contributed by atoms with E-state index in [-0.39, 0.29) is 5.91 Å². The highest BCUT2D eigenvalue weighted by atomic mass is 32.2. The fourth-order valence-corrected chi connectivity index (χ4v) is 2.83. The third kappa shape index (κ3) is 4.79. The lowest BCUT2D eigenvalue weighted by molar-refractivity contribution is -0.129. The molecule has 3 N–H and O–H groups in total. The third-order valence-electron chi connectivity index (χ3n) is 3.44. The Hall–Kier alpha value is -1.97. The molecule has 1 aromatic rings. The number of hydrogen-bond donors (Lipinski definition) is 2. The predicted octanol–water partition coefficient (Wildman–Crippen LogP) is 2.47. The Bertz CT molecular complexity index is 565. The minimum atomic E-state index is -0.418. The van der Waals surface area contributed by atoms with Gasteiger partial charge in [-0.3, -0.25) is 4.79 Å². The second-order valence-corrected chi connectivity index (χ2v) is 5.97. The van der Waals surface area contributed by atoms with Crippen LogP contribution in [0.2, 0.25) is 0 Å². The molecule has 0 saturated heterocycles. The van der Waals surface area contributed by atoms with E-state index in [9.17, 15) is 4.79 Å². The van der Waals surface area contributed by atoms with Gasteiger partial charge in [-0.1, -0.05) is 0 Å². The van der Waals surface area contributed by atoms with Gasteiger partial charge in [0.1, 0.15) is 0 Å². The molecule has 1 aromatic carbocycles. The van der Waals surface area contributed by atoms with Crippen LogP contribution in [-0.2, 0) is 4.79 Å². The number of nitrogens with two attached hydrogens (primary N) is 1. The van der Waals surface area contributed by atoms with Crippen molar-refractivity contribution in [3.63, 3.8) is 0 Å². The van der Waals surface area contributed by atoms with E-state index in [2.05, 4.69) is 11.4 Å². The molecule has 0 radical (unpaired) electrons. The topological polar surface area (TPSA) is 82.1 Å². The van der Waals surface area contributed by atoms with Crippen LogP contribution in [0.5, 0.6) is 0 Å². The molecule has 0 spiro atoms. The summed E-state index contributed by atoms with van der Waals surface area (Å²) in [7, 11) is 0. The number of hydrogen-bond acceptors (Lipinski definition) is 5. The highest BCUT2D eigenvalue weighted by Crippen LogP contribution is 2.16. The van der Waals surface area contributed by atoms with Gasteiger partial charge in [0.05, 0.1) is 23.6 Å². The van der Waals surface area contributed by atoms with Gasteiger partial charge in [0.15, 0.2) is 0 Å². The number of rotatable bonds is 7. The lowest BCUT2D eigenvalue weighted by Crippen LogP contribution is -2.40. The quantitative estimate of drug-likeness (QED) is 0.755. The zero-order chi connectivity index (χ0) is 15.8. The van der Waals surface area contributed by atoms with Crippen LogP contribution >= 0.6 is 11.8 Å². The monoisotopic (exact) mass is 316 g/mol. The van der Waals surface area contributed by atoms with E-state index in [0.29, 0.717) is 17.9 Å². The molecule has 5 nitrogen and oxygen atoms in total.